The third kappa shape index (κ3) is 6.57. The first kappa shape index (κ1) is 41.0. The minimum absolute atomic E-state index is 0.00645. The van der Waals surface area contributed by atoms with Crippen LogP contribution < -0.4 is 26.4 Å². The van der Waals surface area contributed by atoms with E-state index in [0.29, 0.717) is 0 Å². The lowest BCUT2D eigenvalue weighted by atomic mass is 9.35. The lowest BCUT2D eigenvalue weighted by molar-refractivity contribution is 0.589. The van der Waals surface area contributed by atoms with E-state index in [1.54, 1.807) is 0 Å². The molecule has 322 valence electrons. The molecule has 11 rings (SSSR count). The Balaban J connectivity index is 1.25. The van der Waals surface area contributed by atoms with Crippen LogP contribution in [0.2, 0.25) is 0 Å². The number of rotatable bonds is 4. The Labute approximate surface area is 384 Å². The van der Waals surface area contributed by atoms with Crippen LogP contribution in [0.5, 0.6) is 0 Å². The van der Waals surface area contributed by atoms with Crippen molar-refractivity contribution in [1.82, 2.24) is 0 Å². The van der Waals surface area contributed by atoms with Crippen LogP contribution in [0.15, 0.2) is 154 Å². The maximum atomic E-state index is 7.34. The number of aryl methyl sites for hydroxylation is 2. The number of hydrogen-bond donors (Lipinski definition) is 0. The topological polar surface area (TPSA) is 32.8 Å². The molecule has 2 aliphatic rings. The molecular weight excluding hydrogens is 791 g/mol. The fourth-order valence-corrected chi connectivity index (χ4v) is 10.4. The number of furan rings is 2. The highest BCUT2D eigenvalue weighted by Crippen LogP contribution is 2.51. The second-order valence-electron chi connectivity index (χ2n) is 21.6. The highest BCUT2D eigenvalue weighted by atomic mass is 16.3. The van der Waals surface area contributed by atoms with Gasteiger partial charge in [0.25, 0.3) is 6.71 Å². The van der Waals surface area contributed by atoms with Gasteiger partial charge in [-0.05, 0) is 129 Å². The van der Waals surface area contributed by atoms with Gasteiger partial charge in [-0.3, -0.25) is 0 Å². The molecule has 9 aromatic rings. The smallest absolute Gasteiger partial charge is 0.297 e. The molecule has 5 heteroatoms. The normalized spacial score (nSPS) is 13.7. The van der Waals surface area contributed by atoms with Crippen LogP contribution in [-0.4, -0.2) is 6.71 Å². The summed E-state index contributed by atoms with van der Waals surface area (Å²) in [6.07, 6.45) is 0. The quantitative estimate of drug-likeness (QED) is 0.165. The van der Waals surface area contributed by atoms with Crippen LogP contribution in [0.3, 0.4) is 0 Å². The summed E-state index contributed by atoms with van der Waals surface area (Å²) in [6, 6.07) is 53.9. The first-order valence-corrected chi connectivity index (χ1v) is 23.2. The Hall–Kier alpha value is -6.72. The molecule has 0 saturated heterocycles. The van der Waals surface area contributed by atoms with Crippen LogP contribution in [0, 0.1) is 13.8 Å². The van der Waals surface area contributed by atoms with E-state index in [4.69, 9.17) is 8.83 Å². The lowest BCUT2D eigenvalue weighted by Gasteiger charge is -2.43. The third-order valence-corrected chi connectivity index (χ3v) is 13.9. The van der Waals surface area contributed by atoms with Crippen molar-refractivity contribution in [3.63, 3.8) is 0 Å². The number of benzene rings is 7. The van der Waals surface area contributed by atoms with Crippen molar-refractivity contribution in [2.45, 2.75) is 92.4 Å². The summed E-state index contributed by atoms with van der Waals surface area (Å²) < 4.78 is 13.9. The highest BCUT2D eigenvalue weighted by molar-refractivity contribution is 7.00. The van der Waals surface area contributed by atoms with Gasteiger partial charge in [-0.2, -0.15) is 0 Å². The van der Waals surface area contributed by atoms with Crippen LogP contribution in [0.4, 0.5) is 34.1 Å². The van der Waals surface area contributed by atoms with E-state index in [1.165, 1.54) is 61.2 Å². The largest absolute Gasteiger partial charge is 0.468 e. The van der Waals surface area contributed by atoms with Gasteiger partial charge in [0.15, 0.2) is 0 Å². The fraction of sp³-hybridized carbons (Fsp3) is 0.233. The zero-order valence-corrected chi connectivity index (χ0v) is 39.6. The maximum absolute atomic E-state index is 7.34. The summed E-state index contributed by atoms with van der Waals surface area (Å²) in [4.78, 5) is 5.07. The van der Waals surface area contributed by atoms with Gasteiger partial charge in [0.1, 0.15) is 16.9 Å². The summed E-state index contributed by atoms with van der Waals surface area (Å²) in [7, 11) is 0. The SMILES string of the molecule is Cc1cc(C(C)(C)C)cc(C)c1N1c2cccc3c2B(c2ccc(-c4cc5ccccc5o4)cc2N3c2ccc(C(C)(C)C)cc2-c2ccccc2)c2oc3ccc(C(C)(C)C)cc3c21. The summed E-state index contributed by atoms with van der Waals surface area (Å²) in [5, 5.41) is 2.22. The van der Waals surface area contributed by atoms with Gasteiger partial charge in [0.05, 0.1) is 22.7 Å². The molecular formula is C60H57BN2O2. The molecule has 4 nitrogen and oxygen atoms in total. The van der Waals surface area contributed by atoms with E-state index < -0.39 is 0 Å². The number of para-hydroxylation sites is 1. The van der Waals surface area contributed by atoms with Crippen molar-refractivity contribution >= 4 is 79.4 Å². The fourth-order valence-electron chi connectivity index (χ4n) is 10.4. The Morgan fingerprint density at radius 2 is 1.09 bits per heavy atom. The van der Waals surface area contributed by atoms with Gasteiger partial charge < -0.3 is 18.6 Å². The first-order valence-electron chi connectivity index (χ1n) is 23.2. The molecule has 0 amide bonds. The van der Waals surface area contributed by atoms with Gasteiger partial charge in [0, 0.05) is 39.0 Å². The molecule has 7 aromatic carbocycles. The molecule has 0 unspecified atom stereocenters. The Morgan fingerprint density at radius 1 is 0.446 bits per heavy atom. The molecule has 0 aliphatic carbocycles. The molecule has 0 spiro atoms. The molecule has 2 aromatic heterocycles. The van der Waals surface area contributed by atoms with Crippen molar-refractivity contribution < 1.29 is 8.83 Å². The van der Waals surface area contributed by atoms with Crippen molar-refractivity contribution in [3.05, 3.63) is 173 Å². The third-order valence-electron chi connectivity index (χ3n) is 13.9. The van der Waals surface area contributed by atoms with Crippen LogP contribution >= 0.6 is 0 Å². The minimum atomic E-state index is -0.183. The number of fused-ring (bicyclic) bond motifs is 7. The summed E-state index contributed by atoms with van der Waals surface area (Å²) in [5.74, 6) is 0.846. The number of anilines is 6. The van der Waals surface area contributed by atoms with Gasteiger partial charge in [-0.25, -0.2) is 0 Å². The summed E-state index contributed by atoms with van der Waals surface area (Å²) >= 11 is 0. The average molecular weight is 849 g/mol. The first-order chi connectivity index (χ1) is 31.0. The van der Waals surface area contributed by atoms with Crippen LogP contribution in [-0.2, 0) is 16.2 Å². The lowest BCUT2D eigenvalue weighted by Crippen LogP contribution is -2.61. The monoisotopic (exact) mass is 848 g/mol. The summed E-state index contributed by atoms with van der Waals surface area (Å²) in [5.41, 5.74) is 21.7. The van der Waals surface area contributed by atoms with Gasteiger partial charge in [0.2, 0.25) is 0 Å². The number of nitrogens with zero attached hydrogens (tertiary/aromatic N) is 2. The predicted molar refractivity (Wildman–Crippen MR) is 276 cm³/mol. The molecule has 0 fully saturated rings. The molecule has 4 heterocycles. The van der Waals surface area contributed by atoms with E-state index in [9.17, 15) is 0 Å². The average Bonchev–Trinajstić information content (AvgIpc) is 3.88. The van der Waals surface area contributed by atoms with E-state index >= 15 is 0 Å². The zero-order chi connectivity index (χ0) is 45.3. The summed E-state index contributed by atoms with van der Waals surface area (Å²) in [6.45, 7) is 25.1. The Morgan fingerprint density at radius 3 is 1.78 bits per heavy atom. The maximum Gasteiger partial charge on any atom is 0.297 e. The van der Waals surface area contributed by atoms with Gasteiger partial charge >= 0.3 is 0 Å². The van der Waals surface area contributed by atoms with E-state index in [-0.39, 0.29) is 23.0 Å². The van der Waals surface area contributed by atoms with Crippen molar-refractivity contribution in [1.29, 1.82) is 0 Å². The predicted octanol–water partition coefficient (Wildman–Crippen LogP) is 15.1. The number of hydrogen-bond acceptors (Lipinski definition) is 4. The van der Waals surface area contributed by atoms with Gasteiger partial charge in [-0.15, -0.1) is 0 Å². The van der Waals surface area contributed by atoms with E-state index in [1.807, 2.05) is 12.1 Å². The molecule has 0 radical (unpaired) electrons. The molecule has 65 heavy (non-hydrogen) atoms. The molecule has 0 atom stereocenters. The van der Waals surface area contributed by atoms with Crippen molar-refractivity contribution in [2.75, 3.05) is 9.80 Å². The van der Waals surface area contributed by atoms with Crippen molar-refractivity contribution in [2.24, 2.45) is 0 Å². The van der Waals surface area contributed by atoms with E-state index in [0.717, 1.165) is 61.7 Å². The second kappa shape index (κ2) is 14.4. The molecule has 2 aliphatic heterocycles. The standard InChI is InChI=1S/C60H57BN2O2/c1-36-30-43(60(9,10)11)31-37(2)55(36)63-49-22-17-21-48-54(49)61(57-56(63)45-35-42(59(6,7)8)26-29-52(45)65-57)46-27-24-40(53-33-39-20-15-16-23-51(39)64-53)32-50(46)62(48)47-28-25-41(58(3,4)5)34-44(47)38-18-13-12-14-19-38/h12-35H,1-11H3. The molecule has 0 bridgehead atoms. The Kier molecular flexibility index (Phi) is 9.08. The highest BCUT2D eigenvalue weighted by Gasteiger charge is 2.47. The van der Waals surface area contributed by atoms with Crippen LogP contribution in [0.25, 0.3) is 44.4 Å². The van der Waals surface area contributed by atoms with Crippen molar-refractivity contribution in [3.8, 4) is 22.5 Å². The zero-order valence-electron chi connectivity index (χ0n) is 39.6. The van der Waals surface area contributed by atoms with Gasteiger partial charge in [-0.1, -0.05) is 153 Å². The second-order valence-corrected chi connectivity index (χ2v) is 21.6. The molecule has 0 N–H and O–H groups in total. The Bertz CT molecular complexity index is 3310. The minimum Gasteiger partial charge on any atom is -0.468 e. The molecule has 0 saturated carbocycles. The van der Waals surface area contributed by atoms with E-state index in [2.05, 4.69) is 219 Å². The van der Waals surface area contributed by atoms with Crippen LogP contribution in [0.1, 0.15) is 90.1 Å².